The molecule has 0 heterocycles. The highest BCUT2D eigenvalue weighted by atomic mass is 32.3. The van der Waals surface area contributed by atoms with Crippen LogP contribution in [0.15, 0.2) is 0 Å². The van der Waals surface area contributed by atoms with Gasteiger partial charge in [-0.3, -0.25) is 18.2 Å². The van der Waals surface area contributed by atoms with Crippen molar-refractivity contribution in [2.45, 2.75) is 0 Å². The summed E-state index contributed by atoms with van der Waals surface area (Å²) in [4.78, 5) is 0. The van der Waals surface area contributed by atoms with E-state index in [2.05, 4.69) is 17.3 Å². The summed E-state index contributed by atoms with van der Waals surface area (Å²) in [6.07, 6.45) is 0. The summed E-state index contributed by atoms with van der Waals surface area (Å²) in [5, 5.41) is 0. The standard InChI is InChI=1S/4H3N.2H2O8S2/c;;;;2*1-9(2,3)7-8-10(4,5)6/h4*1H3;2*(H,1,2,3)(H,4,5,6). The molecule has 16 N–H and O–H groups in total. The molecule has 0 aliphatic heterocycles. The van der Waals surface area contributed by atoms with Crippen molar-refractivity contribution in [2.24, 2.45) is 0 Å². The van der Waals surface area contributed by atoms with Crippen LogP contribution in [-0.2, 0) is 58.9 Å². The van der Waals surface area contributed by atoms with Crippen molar-refractivity contribution >= 4 is 41.6 Å². The Bertz CT molecular complexity index is 566. The zero-order valence-electron chi connectivity index (χ0n) is 11.1. The molecular formula is H16N4O16S4. The van der Waals surface area contributed by atoms with E-state index in [1.54, 1.807) is 0 Å². The highest BCUT2D eigenvalue weighted by Gasteiger charge is 2.14. The lowest BCUT2D eigenvalue weighted by Crippen LogP contribution is -2.10. The molecule has 24 heavy (non-hydrogen) atoms. The van der Waals surface area contributed by atoms with Gasteiger partial charge in [0.1, 0.15) is 0 Å². The lowest BCUT2D eigenvalue weighted by Gasteiger charge is -1.92. The van der Waals surface area contributed by atoms with Crippen LogP contribution in [0, 0.1) is 0 Å². The van der Waals surface area contributed by atoms with Gasteiger partial charge < -0.3 is 24.6 Å². The Hall–Kier alpha value is -0.680. The third kappa shape index (κ3) is 49.6. The largest absolute Gasteiger partial charge is 0.425 e. The zero-order chi connectivity index (χ0) is 16.8. The monoisotopic (exact) mass is 456 g/mol. The van der Waals surface area contributed by atoms with E-state index < -0.39 is 41.6 Å². The van der Waals surface area contributed by atoms with Gasteiger partial charge in [-0.2, -0.15) is 33.7 Å². The van der Waals surface area contributed by atoms with Crippen molar-refractivity contribution in [3.8, 4) is 0 Å². The fraction of sp³-hybridized carbons (Fsp3) is 0. The van der Waals surface area contributed by atoms with Gasteiger partial charge >= 0.3 is 41.6 Å². The molecule has 24 heteroatoms. The molecule has 0 amide bonds. The van der Waals surface area contributed by atoms with Crippen LogP contribution in [-0.4, -0.2) is 51.9 Å². The minimum absolute atomic E-state index is 0. The van der Waals surface area contributed by atoms with Crippen molar-refractivity contribution in [1.82, 2.24) is 24.6 Å². The Morgan fingerprint density at radius 3 is 0.500 bits per heavy atom. The van der Waals surface area contributed by atoms with Gasteiger partial charge in [-0.15, -0.1) is 0 Å². The summed E-state index contributed by atoms with van der Waals surface area (Å²) in [6.45, 7) is 0. The van der Waals surface area contributed by atoms with E-state index in [1.807, 2.05) is 0 Å². The van der Waals surface area contributed by atoms with Gasteiger partial charge in [0, 0.05) is 0 Å². The Labute approximate surface area is 136 Å². The molecule has 0 aliphatic rings. The van der Waals surface area contributed by atoms with Crippen molar-refractivity contribution in [3.05, 3.63) is 0 Å². The Morgan fingerprint density at radius 1 is 0.375 bits per heavy atom. The first-order valence-corrected chi connectivity index (χ1v) is 8.52. The predicted octanol–water partition coefficient (Wildman–Crippen LogP) is -2.27. The van der Waals surface area contributed by atoms with E-state index >= 15 is 0 Å². The van der Waals surface area contributed by atoms with Crippen LogP contribution in [0.5, 0.6) is 0 Å². The van der Waals surface area contributed by atoms with Crippen LogP contribution in [0.4, 0.5) is 0 Å². The molecule has 0 saturated carbocycles. The van der Waals surface area contributed by atoms with Gasteiger partial charge in [0.25, 0.3) is 0 Å². The molecule has 0 radical (unpaired) electrons. The predicted molar refractivity (Wildman–Crippen MR) is 70.6 cm³/mol. The Kier molecular flexibility index (Phi) is 21.9. The maximum Gasteiger partial charge on any atom is 0.425 e. The summed E-state index contributed by atoms with van der Waals surface area (Å²) in [5.74, 6) is 0. The second-order valence-electron chi connectivity index (χ2n) is 1.98. The molecule has 0 fully saturated rings. The molecule has 0 aliphatic carbocycles. The van der Waals surface area contributed by atoms with Crippen molar-refractivity contribution in [1.29, 1.82) is 0 Å². The molecular weight excluding hydrogens is 440 g/mol. The third-order valence-electron chi connectivity index (χ3n) is 0.399. The van der Waals surface area contributed by atoms with Gasteiger partial charge in [0.15, 0.2) is 0 Å². The molecule has 0 unspecified atom stereocenters. The van der Waals surface area contributed by atoms with Gasteiger partial charge in [-0.05, 0) is 0 Å². The molecule has 0 bridgehead atoms. The van der Waals surface area contributed by atoms with Gasteiger partial charge in [0.2, 0.25) is 0 Å². The van der Waals surface area contributed by atoms with E-state index in [9.17, 15) is 33.7 Å². The van der Waals surface area contributed by atoms with Crippen LogP contribution in [0.2, 0.25) is 0 Å². The van der Waals surface area contributed by atoms with Crippen LogP contribution in [0.3, 0.4) is 0 Å². The first-order chi connectivity index (χ1) is 8.41. The molecule has 20 nitrogen and oxygen atoms in total. The third-order valence-corrected chi connectivity index (χ3v) is 1.53. The van der Waals surface area contributed by atoms with Crippen molar-refractivity contribution in [3.63, 3.8) is 0 Å². The van der Waals surface area contributed by atoms with E-state index in [0.717, 1.165) is 0 Å². The SMILES string of the molecule is N.N.N.N.O=S(=O)(O)OOS(=O)(=O)O.O=S(=O)(O)OOS(=O)(=O)O. The highest BCUT2D eigenvalue weighted by Crippen LogP contribution is 1.93. The van der Waals surface area contributed by atoms with Crippen LogP contribution >= 0.6 is 0 Å². The first-order valence-electron chi connectivity index (χ1n) is 3.06. The number of rotatable bonds is 6. The van der Waals surface area contributed by atoms with Crippen LogP contribution < -0.4 is 24.6 Å². The highest BCUT2D eigenvalue weighted by molar-refractivity contribution is 7.83. The molecule has 0 aromatic heterocycles. The summed E-state index contributed by atoms with van der Waals surface area (Å²) < 4.78 is 118. The lowest BCUT2D eigenvalue weighted by molar-refractivity contribution is -0.105. The molecule has 0 rings (SSSR count). The lowest BCUT2D eigenvalue weighted by atomic mass is 14.0. The topological polar surface area (TPSA) is 394 Å². The second kappa shape index (κ2) is 13.6. The van der Waals surface area contributed by atoms with Crippen LogP contribution in [0.25, 0.3) is 0 Å². The van der Waals surface area contributed by atoms with E-state index in [0.29, 0.717) is 0 Å². The van der Waals surface area contributed by atoms with Gasteiger partial charge in [-0.1, -0.05) is 17.3 Å². The normalized spacial score (nSPS) is 11.2. The zero-order valence-corrected chi connectivity index (χ0v) is 14.4. The molecule has 0 aromatic carbocycles. The minimum atomic E-state index is -5.02. The molecule has 0 saturated heterocycles. The summed E-state index contributed by atoms with van der Waals surface area (Å²) in [5.41, 5.74) is 0. The maximum atomic E-state index is 9.51. The van der Waals surface area contributed by atoms with E-state index in [-0.39, 0.29) is 24.6 Å². The number of hydrogen-bond acceptors (Lipinski definition) is 16. The van der Waals surface area contributed by atoms with Gasteiger partial charge in [-0.25, -0.2) is 0 Å². The molecule has 0 spiro atoms. The van der Waals surface area contributed by atoms with Crippen molar-refractivity contribution in [2.75, 3.05) is 0 Å². The van der Waals surface area contributed by atoms with E-state index in [1.165, 1.54) is 0 Å². The average molecular weight is 456 g/mol. The summed E-state index contributed by atoms with van der Waals surface area (Å²) >= 11 is 0. The van der Waals surface area contributed by atoms with Crippen molar-refractivity contribution < 1.29 is 69.2 Å². The second-order valence-corrected chi connectivity index (χ2v) is 5.95. The minimum Gasteiger partial charge on any atom is -0.344 e. The van der Waals surface area contributed by atoms with Gasteiger partial charge in [0.05, 0.1) is 0 Å². The fourth-order valence-corrected chi connectivity index (χ4v) is 1.26. The molecule has 156 valence electrons. The maximum absolute atomic E-state index is 9.51. The molecule has 0 aromatic rings. The Morgan fingerprint density at radius 2 is 0.458 bits per heavy atom. The molecule has 0 atom stereocenters. The summed E-state index contributed by atoms with van der Waals surface area (Å²) in [7, 11) is -20.1. The Balaban J connectivity index is -0.0000000579. The van der Waals surface area contributed by atoms with Crippen LogP contribution in [0.1, 0.15) is 0 Å². The number of hydrogen-bond donors (Lipinski definition) is 8. The quantitative estimate of drug-likeness (QED) is 0.118. The smallest absolute Gasteiger partial charge is 0.344 e. The summed E-state index contributed by atoms with van der Waals surface area (Å²) in [6, 6.07) is 0. The van der Waals surface area contributed by atoms with E-state index in [4.69, 9.17) is 18.2 Å². The first kappa shape index (κ1) is 38.7. The fourth-order valence-electron chi connectivity index (χ4n) is 0.140. The average Bonchev–Trinajstić information content (AvgIpc) is 2.09.